The maximum Gasteiger partial charge on any atom is 0.267 e. The van der Waals surface area contributed by atoms with Crippen LogP contribution in [0.4, 0.5) is 0 Å². The summed E-state index contributed by atoms with van der Waals surface area (Å²) in [5.41, 5.74) is 5.57. The van der Waals surface area contributed by atoms with Gasteiger partial charge in [0.25, 0.3) is 5.91 Å². The van der Waals surface area contributed by atoms with Gasteiger partial charge in [-0.3, -0.25) is 14.6 Å². The van der Waals surface area contributed by atoms with Gasteiger partial charge in [-0.15, -0.1) is 0 Å². The maximum absolute atomic E-state index is 11.7. The molecule has 0 saturated carbocycles. The minimum absolute atomic E-state index is 0.316. The van der Waals surface area contributed by atoms with Gasteiger partial charge in [0.2, 0.25) is 0 Å². The molecule has 114 valence electrons. The molecule has 0 aliphatic carbocycles. The van der Waals surface area contributed by atoms with Gasteiger partial charge >= 0.3 is 0 Å². The highest BCUT2D eigenvalue weighted by molar-refractivity contribution is 5.90. The molecule has 0 unspecified atom stereocenters. The highest BCUT2D eigenvalue weighted by Crippen LogP contribution is 2.09. The smallest absolute Gasteiger partial charge is 0.267 e. The molecule has 0 bridgehead atoms. The predicted molar refractivity (Wildman–Crippen MR) is 87.9 cm³/mol. The molecule has 5 nitrogen and oxygen atoms in total. The Morgan fingerprint density at radius 1 is 1.04 bits per heavy atom. The summed E-state index contributed by atoms with van der Waals surface area (Å²) >= 11 is 0. The summed E-state index contributed by atoms with van der Waals surface area (Å²) < 4.78 is 0. The zero-order chi connectivity index (χ0) is 15.9. The molecule has 1 heterocycles. The second-order valence-corrected chi connectivity index (χ2v) is 4.86. The largest absolute Gasteiger partial charge is 0.269 e. The van der Waals surface area contributed by atoms with Crippen molar-refractivity contribution >= 4 is 23.0 Å². The molecule has 0 saturated heterocycles. The molecule has 0 radical (unpaired) electrons. The molecule has 3 rings (SSSR count). The van der Waals surface area contributed by atoms with Gasteiger partial charge in [0.1, 0.15) is 0 Å². The fraction of sp³-hybridized carbons (Fsp3) is 0.0556. The summed E-state index contributed by atoms with van der Waals surface area (Å²) in [5, 5.41) is 0. The average molecular weight is 305 g/mol. The Morgan fingerprint density at radius 3 is 2.61 bits per heavy atom. The third kappa shape index (κ3) is 4.21. The molecule has 0 spiro atoms. The molecule has 1 amide bonds. The third-order valence-corrected chi connectivity index (χ3v) is 3.13. The number of aromatic nitrogens is 2. The van der Waals surface area contributed by atoms with Gasteiger partial charge < -0.3 is 0 Å². The van der Waals surface area contributed by atoms with Crippen LogP contribution in [0.5, 0.6) is 0 Å². The van der Waals surface area contributed by atoms with Crippen molar-refractivity contribution in [2.75, 3.05) is 0 Å². The number of amides is 1. The molecular formula is C18H15N3O2. The van der Waals surface area contributed by atoms with E-state index in [9.17, 15) is 4.79 Å². The Kier molecular flexibility index (Phi) is 4.71. The second-order valence-electron chi connectivity index (χ2n) is 4.86. The van der Waals surface area contributed by atoms with Crippen LogP contribution in [0.3, 0.4) is 0 Å². The lowest BCUT2D eigenvalue weighted by Gasteiger charge is -2.03. The van der Waals surface area contributed by atoms with E-state index in [2.05, 4.69) is 15.4 Å². The molecule has 0 atom stereocenters. The van der Waals surface area contributed by atoms with E-state index in [1.54, 1.807) is 12.3 Å². The molecule has 0 fully saturated rings. The normalized spacial score (nSPS) is 11.0. The molecule has 0 aliphatic heterocycles. The summed E-state index contributed by atoms with van der Waals surface area (Å²) in [6, 6.07) is 17.2. The van der Waals surface area contributed by atoms with Gasteiger partial charge in [-0.1, -0.05) is 42.5 Å². The molecule has 0 aliphatic rings. The number of benzene rings is 2. The Balaban J connectivity index is 1.55. The first-order valence-electron chi connectivity index (χ1n) is 7.17. The summed E-state index contributed by atoms with van der Waals surface area (Å²) in [6.07, 6.45) is 4.58. The van der Waals surface area contributed by atoms with Crippen LogP contribution in [0.2, 0.25) is 0 Å². The van der Waals surface area contributed by atoms with Gasteiger partial charge in [-0.2, -0.15) is 0 Å². The number of carbonyl (C=O) groups is 1. The topological polar surface area (TPSA) is 64.1 Å². The lowest BCUT2D eigenvalue weighted by molar-refractivity contribution is -0.129. The Labute approximate surface area is 133 Å². The standard InChI is InChI=1S/C18H15N3O2/c22-18(21-23-13-14-6-2-1-3-7-14)11-10-15-12-19-16-8-4-5-9-17(16)20-15/h1-12H,13H2,(H,21,22)/b11-10+. The molecule has 3 aromatic rings. The van der Waals surface area contributed by atoms with Crippen molar-refractivity contribution in [3.8, 4) is 0 Å². The number of nitrogens with zero attached hydrogens (tertiary/aromatic N) is 2. The quantitative estimate of drug-likeness (QED) is 0.581. The van der Waals surface area contributed by atoms with E-state index in [1.165, 1.54) is 6.08 Å². The SMILES string of the molecule is O=C(/C=C/c1cnc2ccccc2n1)NOCc1ccccc1. The van der Waals surface area contributed by atoms with Crippen LogP contribution < -0.4 is 5.48 Å². The zero-order valence-corrected chi connectivity index (χ0v) is 12.3. The van der Waals surface area contributed by atoms with Crippen molar-refractivity contribution < 1.29 is 9.63 Å². The minimum Gasteiger partial charge on any atom is -0.269 e. The van der Waals surface area contributed by atoms with Crippen molar-refractivity contribution in [3.63, 3.8) is 0 Å². The number of para-hydroxylation sites is 2. The van der Waals surface area contributed by atoms with Gasteiger partial charge in [0.15, 0.2) is 0 Å². The Morgan fingerprint density at radius 2 is 1.78 bits per heavy atom. The first-order valence-corrected chi connectivity index (χ1v) is 7.17. The van der Waals surface area contributed by atoms with Gasteiger partial charge in [0.05, 0.1) is 29.5 Å². The highest BCUT2D eigenvalue weighted by Gasteiger charge is 1.99. The van der Waals surface area contributed by atoms with Crippen LogP contribution in [0.25, 0.3) is 17.1 Å². The predicted octanol–water partition coefficient (Wildman–Crippen LogP) is 2.89. The first-order chi connectivity index (χ1) is 11.3. The van der Waals surface area contributed by atoms with E-state index in [4.69, 9.17) is 4.84 Å². The van der Waals surface area contributed by atoms with Crippen molar-refractivity contribution in [2.24, 2.45) is 0 Å². The van der Waals surface area contributed by atoms with Crippen LogP contribution >= 0.6 is 0 Å². The van der Waals surface area contributed by atoms with Gasteiger partial charge in [0, 0.05) is 6.08 Å². The lowest BCUT2D eigenvalue weighted by atomic mass is 10.2. The third-order valence-electron chi connectivity index (χ3n) is 3.13. The monoisotopic (exact) mass is 305 g/mol. The molecule has 23 heavy (non-hydrogen) atoms. The van der Waals surface area contributed by atoms with E-state index in [-0.39, 0.29) is 5.91 Å². The highest BCUT2D eigenvalue weighted by atomic mass is 16.6. The van der Waals surface area contributed by atoms with Crippen LogP contribution in [-0.4, -0.2) is 15.9 Å². The summed E-state index contributed by atoms with van der Waals surface area (Å²) in [6.45, 7) is 0.316. The Bertz CT molecular complexity index is 832. The van der Waals surface area contributed by atoms with Crippen molar-refractivity contribution in [2.45, 2.75) is 6.61 Å². The van der Waals surface area contributed by atoms with Crippen molar-refractivity contribution in [3.05, 3.63) is 78.1 Å². The fourth-order valence-corrected chi connectivity index (χ4v) is 2.01. The van der Waals surface area contributed by atoms with Crippen LogP contribution in [0.15, 0.2) is 66.9 Å². The number of hydrogen-bond acceptors (Lipinski definition) is 4. The van der Waals surface area contributed by atoms with Crippen molar-refractivity contribution in [1.29, 1.82) is 0 Å². The van der Waals surface area contributed by atoms with E-state index in [1.807, 2.05) is 54.6 Å². The molecular weight excluding hydrogens is 290 g/mol. The number of fused-ring (bicyclic) bond motifs is 1. The van der Waals surface area contributed by atoms with Crippen LogP contribution in [-0.2, 0) is 16.2 Å². The number of rotatable bonds is 5. The molecule has 1 N–H and O–H groups in total. The summed E-state index contributed by atoms with van der Waals surface area (Å²) in [5.74, 6) is -0.351. The Hall–Kier alpha value is -3.05. The van der Waals surface area contributed by atoms with E-state index < -0.39 is 0 Å². The summed E-state index contributed by atoms with van der Waals surface area (Å²) in [4.78, 5) is 25.5. The molecule has 1 aromatic heterocycles. The average Bonchev–Trinajstić information content (AvgIpc) is 2.61. The fourth-order valence-electron chi connectivity index (χ4n) is 2.01. The van der Waals surface area contributed by atoms with Gasteiger partial charge in [-0.25, -0.2) is 10.5 Å². The number of nitrogens with one attached hydrogen (secondary N) is 1. The van der Waals surface area contributed by atoms with Crippen LogP contribution in [0, 0.1) is 0 Å². The number of hydrogen-bond donors (Lipinski definition) is 1. The lowest BCUT2D eigenvalue weighted by Crippen LogP contribution is -2.21. The van der Waals surface area contributed by atoms with E-state index >= 15 is 0 Å². The van der Waals surface area contributed by atoms with E-state index in [0.29, 0.717) is 12.3 Å². The molecule has 2 aromatic carbocycles. The zero-order valence-electron chi connectivity index (χ0n) is 12.3. The maximum atomic E-state index is 11.7. The molecule has 5 heteroatoms. The summed E-state index contributed by atoms with van der Waals surface area (Å²) in [7, 11) is 0. The number of carbonyl (C=O) groups excluding carboxylic acids is 1. The second kappa shape index (κ2) is 7.29. The van der Waals surface area contributed by atoms with E-state index in [0.717, 1.165) is 16.6 Å². The number of hydroxylamine groups is 1. The van der Waals surface area contributed by atoms with Gasteiger partial charge in [-0.05, 0) is 23.8 Å². The minimum atomic E-state index is -0.351. The van der Waals surface area contributed by atoms with Crippen LogP contribution in [0.1, 0.15) is 11.3 Å². The first kappa shape index (κ1) is 14.9. The van der Waals surface area contributed by atoms with Crippen molar-refractivity contribution in [1.82, 2.24) is 15.4 Å².